The Morgan fingerprint density at radius 1 is 0.500 bits per heavy atom. The molecule has 0 radical (unpaired) electrons. The van der Waals surface area contributed by atoms with Gasteiger partial charge >= 0.3 is 0 Å². The van der Waals surface area contributed by atoms with Crippen molar-refractivity contribution in [3.8, 4) is 33.4 Å². The average molecular weight is 661 g/mol. The van der Waals surface area contributed by atoms with E-state index in [1.54, 1.807) is 0 Å². The van der Waals surface area contributed by atoms with Crippen LogP contribution in [0.2, 0.25) is 0 Å². The summed E-state index contributed by atoms with van der Waals surface area (Å²) in [7, 11) is 0. The number of anilines is 1. The van der Waals surface area contributed by atoms with Gasteiger partial charge < -0.3 is 10.2 Å². The summed E-state index contributed by atoms with van der Waals surface area (Å²) >= 11 is 1.83. The molecule has 7 aromatic carbocycles. The molecule has 9 aromatic rings. The lowest BCUT2D eigenvalue weighted by molar-refractivity contribution is 0.606. The number of thiophene rings is 1. The van der Waals surface area contributed by atoms with Crippen LogP contribution in [-0.4, -0.2) is 5.71 Å². The van der Waals surface area contributed by atoms with E-state index in [1.807, 2.05) is 29.5 Å². The van der Waals surface area contributed by atoms with Crippen molar-refractivity contribution in [1.29, 1.82) is 0 Å². The van der Waals surface area contributed by atoms with Crippen LogP contribution in [0.4, 0.5) is 5.69 Å². The minimum Gasteiger partial charge on any atom is -0.452 e. The maximum atomic E-state index is 6.97. The summed E-state index contributed by atoms with van der Waals surface area (Å²) < 4.78 is 9.14. The third-order valence-corrected chi connectivity index (χ3v) is 10.5. The van der Waals surface area contributed by atoms with Crippen LogP contribution >= 0.6 is 11.3 Å². The number of nitrogens with two attached hydrogens (primary N) is 1. The lowest BCUT2D eigenvalue weighted by Gasteiger charge is -2.09. The van der Waals surface area contributed by atoms with Gasteiger partial charge in [0.05, 0.1) is 12.2 Å². The van der Waals surface area contributed by atoms with Gasteiger partial charge in [-0.1, -0.05) is 140 Å². The second-order valence-electron chi connectivity index (χ2n) is 12.5. The molecule has 2 N–H and O–H groups in total. The topological polar surface area (TPSA) is 51.5 Å². The predicted molar refractivity (Wildman–Crippen MR) is 212 cm³/mol. The van der Waals surface area contributed by atoms with Crippen LogP contribution < -0.4 is 5.73 Å². The van der Waals surface area contributed by atoms with Gasteiger partial charge in [0.25, 0.3) is 0 Å². The first-order valence-electron chi connectivity index (χ1n) is 16.8. The number of aliphatic imine (C=N–C) groups is 1. The van der Waals surface area contributed by atoms with Crippen LogP contribution in [0.5, 0.6) is 0 Å². The molecule has 0 aliphatic carbocycles. The normalized spacial score (nSPS) is 11.9. The maximum absolute atomic E-state index is 6.97. The lowest BCUT2D eigenvalue weighted by atomic mass is 9.99. The molecule has 2 heterocycles. The number of benzene rings is 7. The van der Waals surface area contributed by atoms with E-state index in [4.69, 9.17) is 15.1 Å². The molecular formula is C46H32N2OS. The highest BCUT2D eigenvalue weighted by Crippen LogP contribution is 2.38. The minimum atomic E-state index is 0.487. The molecule has 0 aliphatic heterocycles. The average Bonchev–Trinajstić information content (AvgIpc) is 3.72. The number of fused-ring (bicyclic) bond motifs is 4. The van der Waals surface area contributed by atoms with E-state index < -0.39 is 0 Å². The summed E-state index contributed by atoms with van der Waals surface area (Å²) in [5, 5.41) is 3.44. The molecule has 3 nitrogen and oxygen atoms in total. The molecule has 0 aliphatic rings. The Hall–Kier alpha value is -6.23. The highest BCUT2D eigenvalue weighted by Gasteiger charge is 2.20. The van der Waals surface area contributed by atoms with Crippen molar-refractivity contribution in [2.24, 2.45) is 4.99 Å². The number of hydrogen-bond acceptors (Lipinski definition) is 4. The molecular weight excluding hydrogens is 629 g/mol. The van der Waals surface area contributed by atoms with Crippen LogP contribution in [0.25, 0.3) is 64.5 Å². The third-order valence-electron chi connectivity index (χ3n) is 9.40. The summed E-state index contributed by atoms with van der Waals surface area (Å²) in [6.45, 7) is 0.487. The smallest absolute Gasteiger partial charge is 0.176 e. The molecule has 0 amide bonds. The Morgan fingerprint density at radius 3 is 1.74 bits per heavy atom. The van der Waals surface area contributed by atoms with Crippen molar-refractivity contribution in [3.63, 3.8) is 0 Å². The van der Waals surface area contributed by atoms with E-state index >= 15 is 0 Å². The van der Waals surface area contributed by atoms with Gasteiger partial charge in [-0.05, 0) is 69.3 Å². The highest BCUT2D eigenvalue weighted by molar-refractivity contribution is 7.25. The monoisotopic (exact) mass is 660 g/mol. The fourth-order valence-corrected chi connectivity index (χ4v) is 7.81. The Kier molecular flexibility index (Phi) is 7.57. The summed E-state index contributed by atoms with van der Waals surface area (Å²) in [4.78, 5) is 5.18. The zero-order valence-corrected chi connectivity index (χ0v) is 28.0. The third kappa shape index (κ3) is 5.56. The second kappa shape index (κ2) is 12.7. The van der Waals surface area contributed by atoms with Crippen LogP contribution in [0, 0.1) is 0 Å². The van der Waals surface area contributed by atoms with Gasteiger partial charge in [0.15, 0.2) is 5.76 Å². The van der Waals surface area contributed by atoms with Crippen molar-refractivity contribution in [1.82, 2.24) is 0 Å². The molecule has 0 unspecified atom stereocenters. The van der Waals surface area contributed by atoms with E-state index in [9.17, 15) is 0 Å². The van der Waals surface area contributed by atoms with Gasteiger partial charge in [-0.2, -0.15) is 0 Å². The minimum absolute atomic E-state index is 0.487. The van der Waals surface area contributed by atoms with Crippen LogP contribution in [-0.2, 0) is 6.54 Å². The van der Waals surface area contributed by atoms with E-state index in [1.165, 1.54) is 36.9 Å². The summed E-state index contributed by atoms with van der Waals surface area (Å²) in [5.74, 6) is 0.588. The second-order valence-corrected chi connectivity index (χ2v) is 13.6. The molecule has 238 valence electrons. The van der Waals surface area contributed by atoms with Crippen LogP contribution in [0.3, 0.4) is 0 Å². The van der Waals surface area contributed by atoms with Gasteiger partial charge in [0.1, 0.15) is 11.3 Å². The number of rotatable bonds is 7. The molecule has 2 aromatic heterocycles. The first-order chi connectivity index (χ1) is 24.7. The summed E-state index contributed by atoms with van der Waals surface area (Å²) in [6.07, 6.45) is 0. The lowest BCUT2D eigenvalue weighted by Crippen LogP contribution is -2.06. The zero-order chi connectivity index (χ0) is 33.4. The van der Waals surface area contributed by atoms with Crippen molar-refractivity contribution in [2.75, 3.05) is 5.73 Å². The number of furan rings is 1. The molecule has 0 fully saturated rings. The van der Waals surface area contributed by atoms with E-state index in [0.717, 1.165) is 44.5 Å². The molecule has 0 saturated heterocycles. The molecule has 4 heteroatoms. The standard InChI is InChI=1S/C46H32N2OS/c47-44-40-28-36(37-24-26-43-39(27-37)38-13-7-8-14-42(38)50-43)23-25-41(40)49-46(44)45(35-21-19-34(20-22-35)32-11-5-2-6-12-32)48-29-30-15-17-33(18-16-30)31-9-3-1-4-10-31/h1-28H,29,47H2. The van der Waals surface area contributed by atoms with E-state index in [-0.39, 0.29) is 0 Å². The summed E-state index contributed by atoms with van der Waals surface area (Å²) in [6, 6.07) is 59.5. The number of hydrogen-bond donors (Lipinski definition) is 1. The Labute approximate surface area is 294 Å². The highest BCUT2D eigenvalue weighted by atomic mass is 32.1. The predicted octanol–water partition coefficient (Wildman–Crippen LogP) is 12.4. The molecule has 50 heavy (non-hydrogen) atoms. The zero-order valence-electron chi connectivity index (χ0n) is 27.2. The Morgan fingerprint density at radius 2 is 1.04 bits per heavy atom. The first kappa shape index (κ1) is 29.9. The molecule has 0 saturated carbocycles. The van der Waals surface area contributed by atoms with Crippen LogP contribution in [0.15, 0.2) is 179 Å². The van der Waals surface area contributed by atoms with Gasteiger partial charge in [-0.25, -0.2) is 0 Å². The van der Waals surface area contributed by atoms with Gasteiger partial charge in [-0.15, -0.1) is 11.3 Å². The number of nitrogens with zero attached hydrogens (tertiary/aromatic N) is 1. The van der Waals surface area contributed by atoms with Crippen molar-refractivity contribution in [2.45, 2.75) is 6.54 Å². The number of nitrogen functional groups attached to an aromatic ring is 1. The van der Waals surface area contributed by atoms with Gasteiger partial charge in [0.2, 0.25) is 0 Å². The van der Waals surface area contributed by atoms with Gasteiger partial charge in [-0.3, -0.25) is 4.99 Å². The summed E-state index contributed by atoms with van der Waals surface area (Å²) in [5.41, 5.74) is 18.0. The Bertz CT molecular complexity index is 2650. The Balaban J connectivity index is 1.10. The maximum Gasteiger partial charge on any atom is 0.176 e. The molecule has 0 spiro atoms. The largest absolute Gasteiger partial charge is 0.452 e. The van der Waals surface area contributed by atoms with E-state index in [2.05, 4.69) is 152 Å². The van der Waals surface area contributed by atoms with Crippen molar-refractivity contribution in [3.05, 3.63) is 187 Å². The SMILES string of the molecule is Nc1c(C(=NCc2ccc(-c3ccccc3)cc2)c2ccc(-c3ccccc3)cc2)oc2ccc(-c3ccc4sc5ccccc5c4c3)cc12. The molecule has 0 bridgehead atoms. The molecule has 0 atom stereocenters. The first-order valence-corrected chi connectivity index (χ1v) is 17.6. The van der Waals surface area contributed by atoms with Crippen molar-refractivity contribution < 1.29 is 4.42 Å². The van der Waals surface area contributed by atoms with Crippen LogP contribution in [0.1, 0.15) is 16.9 Å². The molecule has 9 rings (SSSR count). The van der Waals surface area contributed by atoms with Gasteiger partial charge in [0, 0.05) is 31.1 Å². The fourth-order valence-electron chi connectivity index (χ4n) is 6.73. The quantitative estimate of drug-likeness (QED) is 0.173. The van der Waals surface area contributed by atoms with Crippen molar-refractivity contribution >= 4 is 53.9 Å². The van der Waals surface area contributed by atoms with E-state index in [0.29, 0.717) is 18.0 Å². The fraction of sp³-hybridized carbons (Fsp3) is 0.0217.